The molecular weight excluding hydrogens is 638 g/mol. The van der Waals surface area contributed by atoms with Crippen molar-refractivity contribution in [3.05, 3.63) is 98.5 Å². The summed E-state index contributed by atoms with van der Waals surface area (Å²) in [5.74, 6) is -0.521. The molecule has 204 valence electrons. The molecule has 4 aromatic rings. The normalized spacial score (nSPS) is 16.4. The van der Waals surface area contributed by atoms with Crippen LogP contribution < -0.4 is 14.4 Å². The highest BCUT2D eigenvalue weighted by Crippen LogP contribution is 2.45. The average molecular weight is 659 g/mol. The van der Waals surface area contributed by atoms with E-state index in [9.17, 15) is 14.7 Å². The topological polar surface area (TPSA) is 102 Å². The highest BCUT2D eigenvalue weighted by atomic mass is 79.9. The summed E-state index contributed by atoms with van der Waals surface area (Å²) in [6, 6.07) is 18.4. The van der Waals surface area contributed by atoms with Crippen LogP contribution in [0.4, 0.5) is 5.13 Å². The number of ketones is 1. The van der Waals surface area contributed by atoms with Crippen molar-refractivity contribution in [1.29, 1.82) is 0 Å². The van der Waals surface area contributed by atoms with E-state index in [0.717, 1.165) is 10.0 Å². The quantitative estimate of drug-likeness (QED) is 0.0718. The highest BCUT2D eigenvalue weighted by molar-refractivity contribution is 9.10. The number of aromatic nitrogens is 2. The first kappa shape index (κ1) is 28.2. The lowest BCUT2D eigenvalue weighted by Gasteiger charge is -2.23. The molecule has 1 aromatic heterocycles. The molecule has 12 heteroatoms. The number of benzene rings is 3. The van der Waals surface area contributed by atoms with Crippen LogP contribution in [0.3, 0.4) is 0 Å². The number of aliphatic hydroxyl groups excluding tert-OH is 1. The number of hydrogen-bond acceptors (Lipinski definition) is 9. The zero-order valence-electron chi connectivity index (χ0n) is 21.1. The maximum atomic E-state index is 13.5. The van der Waals surface area contributed by atoms with Crippen molar-refractivity contribution in [1.82, 2.24) is 10.2 Å². The second-order valence-corrected chi connectivity index (χ2v) is 12.0. The molecule has 3 aromatic carbocycles. The minimum absolute atomic E-state index is 0.0694. The first-order chi connectivity index (χ1) is 19.3. The van der Waals surface area contributed by atoms with E-state index in [1.807, 2.05) is 24.3 Å². The Balaban J connectivity index is 1.58. The first-order valence-electron chi connectivity index (χ1n) is 11.8. The number of carbonyl (C=O) groups excluding carboxylic acids is 2. The molecule has 1 N–H and O–H groups in total. The summed E-state index contributed by atoms with van der Waals surface area (Å²) in [6.45, 7) is 0. The summed E-state index contributed by atoms with van der Waals surface area (Å²) in [7, 11) is 3.01. The fourth-order valence-electron chi connectivity index (χ4n) is 4.24. The summed E-state index contributed by atoms with van der Waals surface area (Å²) >= 11 is 12.3. The number of nitrogens with zero attached hydrogens (tertiary/aromatic N) is 3. The number of methoxy groups -OCH3 is 2. The van der Waals surface area contributed by atoms with E-state index >= 15 is 0 Å². The lowest BCUT2D eigenvalue weighted by Crippen LogP contribution is -2.29. The summed E-state index contributed by atoms with van der Waals surface area (Å²) in [6.07, 6.45) is 0. The molecule has 40 heavy (non-hydrogen) atoms. The summed E-state index contributed by atoms with van der Waals surface area (Å²) < 4.78 is 12.2. The van der Waals surface area contributed by atoms with Gasteiger partial charge in [0, 0.05) is 20.8 Å². The fraction of sp³-hybridized carbons (Fsp3) is 0.143. The fourth-order valence-corrected chi connectivity index (χ4v) is 6.66. The molecule has 1 aliphatic rings. The minimum atomic E-state index is -0.988. The third-order valence-corrected chi connectivity index (χ3v) is 9.20. The second kappa shape index (κ2) is 12.0. The molecule has 1 atom stereocenters. The van der Waals surface area contributed by atoms with Crippen LogP contribution in [0.25, 0.3) is 5.76 Å². The Morgan fingerprint density at radius 2 is 1.77 bits per heavy atom. The molecule has 5 rings (SSSR count). The van der Waals surface area contributed by atoms with E-state index in [1.54, 1.807) is 42.5 Å². The zero-order valence-corrected chi connectivity index (χ0v) is 25.1. The Morgan fingerprint density at radius 1 is 1.05 bits per heavy atom. The molecule has 0 bridgehead atoms. The minimum Gasteiger partial charge on any atom is -0.507 e. The van der Waals surface area contributed by atoms with Crippen LogP contribution in [-0.4, -0.2) is 41.2 Å². The van der Waals surface area contributed by atoms with Gasteiger partial charge in [-0.25, -0.2) is 0 Å². The predicted octanol–water partition coefficient (Wildman–Crippen LogP) is 6.89. The number of halogens is 2. The number of anilines is 1. The van der Waals surface area contributed by atoms with Crippen molar-refractivity contribution in [2.24, 2.45) is 0 Å². The number of Topliss-reactive ketones (excluding diaryl/α,β-unsaturated/α-hetero) is 1. The molecule has 8 nitrogen and oxygen atoms in total. The Bertz CT molecular complexity index is 1630. The number of hydrogen-bond donors (Lipinski definition) is 1. The van der Waals surface area contributed by atoms with Crippen LogP contribution in [0.5, 0.6) is 11.5 Å². The molecule has 0 spiro atoms. The number of amides is 1. The summed E-state index contributed by atoms with van der Waals surface area (Å²) in [5.41, 5.74) is 1.78. The number of thioether (sulfide) groups is 1. The van der Waals surface area contributed by atoms with Gasteiger partial charge in [0.15, 0.2) is 15.8 Å². The van der Waals surface area contributed by atoms with Gasteiger partial charge in [0.2, 0.25) is 5.13 Å². The average Bonchev–Trinajstić information content (AvgIpc) is 3.54. The van der Waals surface area contributed by atoms with Gasteiger partial charge in [-0.15, -0.1) is 10.2 Å². The van der Waals surface area contributed by atoms with E-state index in [0.29, 0.717) is 37.7 Å². The second-order valence-electron chi connectivity index (χ2n) is 8.52. The third kappa shape index (κ3) is 5.46. The Hall–Kier alpha value is -3.38. The van der Waals surface area contributed by atoms with Gasteiger partial charge in [-0.1, -0.05) is 87.0 Å². The maximum Gasteiger partial charge on any atom is 0.301 e. The molecule has 1 unspecified atom stereocenters. The number of rotatable bonds is 8. The molecule has 2 heterocycles. The third-order valence-electron chi connectivity index (χ3n) is 6.20. The smallest absolute Gasteiger partial charge is 0.301 e. The Labute approximate surface area is 251 Å². The van der Waals surface area contributed by atoms with Crippen molar-refractivity contribution in [2.45, 2.75) is 16.1 Å². The number of ether oxygens (including phenoxy) is 2. The molecule has 0 radical (unpaired) electrons. The molecule has 1 fully saturated rings. The van der Waals surface area contributed by atoms with E-state index < -0.39 is 17.7 Å². The SMILES string of the molecule is COc1ccc(C2/C(=C(/O)c3ccc(Br)cc3)C(=O)C(=O)N2c2nnc(SCc3ccccc3Cl)s2)cc1OC. The van der Waals surface area contributed by atoms with Crippen LogP contribution >= 0.6 is 50.6 Å². The van der Waals surface area contributed by atoms with Gasteiger partial charge in [-0.05, 0) is 41.5 Å². The largest absolute Gasteiger partial charge is 0.507 e. The van der Waals surface area contributed by atoms with Gasteiger partial charge in [-0.3, -0.25) is 14.5 Å². The number of aliphatic hydroxyl groups is 1. The van der Waals surface area contributed by atoms with E-state index in [1.165, 1.54) is 42.2 Å². The monoisotopic (exact) mass is 657 g/mol. The lowest BCUT2D eigenvalue weighted by molar-refractivity contribution is -0.132. The van der Waals surface area contributed by atoms with Crippen molar-refractivity contribution in [3.63, 3.8) is 0 Å². The van der Waals surface area contributed by atoms with Gasteiger partial charge in [0.1, 0.15) is 5.76 Å². The van der Waals surface area contributed by atoms with Crippen LogP contribution in [-0.2, 0) is 15.3 Å². The van der Waals surface area contributed by atoms with Gasteiger partial charge in [-0.2, -0.15) is 0 Å². The molecular formula is C28H21BrClN3O5S2. The summed E-state index contributed by atoms with van der Waals surface area (Å²) in [4.78, 5) is 28.2. The Morgan fingerprint density at radius 3 is 2.48 bits per heavy atom. The van der Waals surface area contributed by atoms with E-state index in [-0.39, 0.29) is 16.5 Å². The first-order valence-corrected chi connectivity index (χ1v) is 14.8. The highest BCUT2D eigenvalue weighted by Gasteiger charge is 2.48. The van der Waals surface area contributed by atoms with Gasteiger partial charge >= 0.3 is 5.91 Å². The van der Waals surface area contributed by atoms with Crippen LogP contribution in [0, 0.1) is 0 Å². The van der Waals surface area contributed by atoms with Gasteiger partial charge < -0.3 is 14.6 Å². The molecule has 1 amide bonds. The summed E-state index contributed by atoms with van der Waals surface area (Å²) in [5, 5.41) is 20.7. The van der Waals surface area contributed by atoms with Gasteiger partial charge in [0.25, 0.3) is 5.78 Å². The zero-order chi connectivity index (χ0) is 28.4. The van der Waals surface area contributed by atoms with E-state index in [4.69, 9.17) is 21.1 Å². The van der Waals surface area contributed by atoms with Gasteiger partial charge in [0.05, 0.1) is 25.8 Å². The molecule has 0 aliphatic carbocycles. The molecule has 1 saturated heterocycles. The van der Waals surface area contributed by atoms with Crippen LogP contribution in [0.1, 0.15) is 22.7 Å². The standard InChI is InChI=1S/C28H21BrClN3O5S2/c1-37-20-12-9-16(13-21(20)38-2)23-22(24(34)15-7-10-18(29)11-8-15)25(35)26(36)33(23)27-31-32-28(40-27)39-14-17-5-3-4-6-19(17)30/h3-13,23,34H,14H2,1-2H3/b24-22-. The molecule has 0 saturated carbocycles. The van der Waals surface area contributed by atoms with Crippen molar-refractivity contribution < 1.29 is 24.2 Å². The lowest BCUT2D eigenvalue weighted by atomic mass is 9.95. The van der Waals surface area contributed by atoms with E-state index in [2.05, 4.69) is 26.1 Å². The van der Waals surface area contributed by atoms with Crippen LogP contribution in [0.2, 0.25) is 5.02 Å². The predicted molar refractivity (Wildman–Crippen MR) is 159 cm³/mol. The Kier molecular flexibility index (Phi) is 8.46. The van der Waals surface area contributed by atoms with Crippen molar-refractivity contribution in [2.75, 3.05) is 19.1 Å². The van der Waals surface area contributed by atoms with Crippen molar-refractivity contribution >= 4 is 73.2 Å². The molecule has 1 aliphatic heterocycles. The number of carbonyl (C=O) groups is 2. The van der Waals surface area contributed by atoms with Crippen molar-refractivity contribution in [3.8, 4) is 11.5 Å². The van der Waals surface area contributed by atoms with Crippen LogP contribution in [0.15, 0.2) is 81.1 Å². The maximum absolute atomic E-state index is 13.5.